The summed E-state index contributed by atoms with van der Waals surface area (Å²) in [6.07, 6.45) is 1.02. The van der Waals surface area contributed by atoms with Gasteiger partial charge in [0, 0.05) is 0 Å². The van der Waals surface area contributed by atoms with Gasteiger partial charge in [0.15, 0.2) is 0 Å². The topological polar surface area (TPSA) is 12.0 Å². The monoisotopic (exact) mass is 259 g/mol. The molecular formula is C16H18ClN. The first kappa shape index (κ1) is 13.0. The second-order valence-electron chi connectivity index (χ2n) is 4.45. The molecule has 0 radical (unpaired) electrons. The third-order valence-corrected chi connectivity index (χ3v) is 3.47. The van der Waals surface area contributed by atoms with Crippen LogP contribution in [0.25, 0.3) is 0 Å². The lowest BCUT2D eigenvalue weighted by atomic mass is 10.0. The molecule has 2 rings (SSSR count). The smallest absolute Gasteiger partial charge is 0.0640 e. The van der Waals surface area contributed by atoms with Crippen molar-refractivity contribution in [1.29, 1.82) is 0 Å². The molecule has 2 aromatic rings. The van der Waals surface area contributed by atoms with E-state index < -0.39 is 0 Å². The summed E-state index contributed by atoms with van der Waals surface area (Å²) in [7, 11) is 0. The zero-order chi connectivity index (χ0) is 13.0. The molecule has 0 saturated heterocycles. The molecule has 1 N–H and O–H groups in total. The summed E-state index contributed by atoms with van der Waals surface area (Å²) >= 11 is 6.26. The van der Waals surface area contributed by atoms with Crippen LogP contribution in [0.15, 0.2) is 48.5 Å². The van der Waals surface area contributed by atoms with Crippen molar-refractivity contribution >= 4 is 17.3 Å². The Hall–Kier alpha value is -1.47. The third kappa shape index (κ3) is 2.85. The maximum Gasteiger partial charge on any atom is 0.0640 e. The minimum atomic E-state index is 0.296. The van der Waals surface area contributed by atoms with Gasteiger partial charge in [0.2, 0.25) is 0 Å². The van der Waals surface area contributed by atoms with Crippen LogP contribution in [0.1, 0.15) is 30.5 Å². The number of halogens is 1. The van der Waals surface area contributed by atoms with Crippen molar-refractivity contribution < 1.29 is 0 Å². The highest BCUT2D eigenvalue weighted by atomic mass is 35.5. The Morgan fingerprint density at radius 2 is 1.78 bits per heavy atom. The average Bonchev–Trinajstić information content (AvgIpc) is 2.40. The van der Waals surface area contributed by atoms with E-state index in [0.717, 1.165) is 17.1 Å². The predicted octanol–water partition coefficient (Wildman–Crippen LogP) is 5.21. The Labute approximate surface area is 114 Å². The van der Waals surface area contributed by atoms with Crippen LogP contribution < -0.4 is 5.32 Å². The minimum Gasteiger partial charge on any atom is -0.377 e. The van der Waals surface area contributed by atoms with Gasteiger partial charge in [-0.1, -0.05) is 61.0 Å². The zero-order valence-electron chi connectivity index (χ0n) is 10.8. The summed E-state index contributed by atoms with van der Waals surface area (Å²) in [5, 5.41) is 4.33. The van der Waals surface area contributed by atoms with Crippen molar-refractivity contribution in [2.75, 3.05) is 5.32 Å². The largest absolute Gasteiger partial charge is 0.377 e. The Morgan fingerprint density at radius 3 is 2.39 bits per heavy atom. The average molecular weight is 260 g/mol. The second kappa shape index (κ2) is 5.92. The minimum absolute atomic E-state index is 0.296. The van der Waals surface area contributed by atoms with Crippen molar-refractivity contribution in [1.82, 2.24) is 0 Å². The number of anilines is 1. The Balaban J connectivity index is 2.26. The first-order chi connectivity index (χ1) is 8.72. The van der Waals surface area contributed by atoms with Crippen LogP contribution in [0.4, 0.5) is 5.69 Å². The van der Waals surface area contributed by atoms with Crippen LogP contribution in [0.5, 0.6) is 0 Å². The molecule has 0 fully saturated rings. The Morgan fingerprint density at radius 1 is 1.06 bits per heavy atom. The fraction of sp³-hybridized carbons (Fsp3) is 0.250. The van der Waals surface area contributed by atoms with Crippen LogP contribution in [0.2, 0.25) is 5.02 Å². The molecule has 1 atom stereocenters. The molecule has 2 heteroatoms. The zero-order valence-corrected chi connectivity index (χ0v) is 11.5. The first-order valence-electron chi connectivity index (χ1n) is 6.29. The molecule has 0 aliphatic heterocycles. The van der Waals surface area contributed by atoms with Gasteiger partial charge >= 0.3 is 0 Å². The van der Waals surface area contributed by atoms with Crippen molar-refractivity contribution in [3.8, 4) is 0 Å². The molecule has 0 amide bonds. The van der Waals surface area contributed by atoms with Crippen molar-refractivity contribution in [2.45, 2.75) is 26.3 Å². The molecule has 0 aliphatic carbocycles. The molecule has 0 aliphatic rings. The molecule has 0 spiro atoms. The van der Waals surface area contributed by atoms with E-state index in [9.17, 15) is 0 Å². The highest BCUT2D eigenvalue weighted by Crippen LogP contribution is 2.30. The molecule has 0 bridgehead atoms. The molecule has 0 aromatic heterocycles. The molecular weight excluding hydrogens is 242 g/mol. The quantitative estimate of drug-likeness (QED) is 0.795. The van der Waals surface area contributed by atoms with Crippen LogP contribution in [-0.2, 0) is 0 Å². The van der Waals surface area contributed by atoms with E-state index in [1.807, 2.05) is 18.2 Å². The molecule has 0 saturated carbocycles. The first-order valence-corrected chi connectivity index (χ1v) is 6.66. The van der Waals surface area contributed by atoms with Gasteiger partial charge in [0.1, 0.15) is 0 Å². The van der Waals surface area contributed by atoms with Gasteiger partial charge in [0.25, 0.3) is 0 Å². The van der Waals surface area contributed by atoms with E-state index in [0.29, 0.717) is 6.04 Å². The van der Waals surface area contributed by atoms with Crippen LogP contribution in [-0.4, -0.2) is 0 Å². The normalized spacial score (nSPS) is 12.2. The van der Waals surface area contributed by atoms with E-state index in [1.165, 1.54) is 11.1 Å². The summed E-state index contributed by atoms with van der Waals surface area (Å²) in [6, 6.07) is 16.7. The summed E-state index contributed by atoms with van der Waals surface area (Å²) < 4.78 is 0. The number of rotatable bonds is 4. The van der Waals surface area contributed by atoms with E-state index in [4.69, 9.17) is 11.6 Å². The SMILES string of the molecule is CCC(Nc1c(C)cccc1Cl)c1ccccc1. The predicted molar refractivity (Wildman–Crippen MR) is 79.3 cm³/mol. The number of nitrogens with one attached hydrogen (secondary N) is 1. The van der Waals surface area contributed by atoms with Gasteiger partial charge in [0.05, 0.1) is 16.8 Å². The van der Waals surface area contributed by atoms with Gasteiger partial charge in [-0.3, -0.25) is 0 Å². The van der Waals surface area contributed by atoms with Gasteiger partial charge in [-0.15, -0.1) is 0 Å². The van der Waals surface area contributed by atoms with Crippen LogP contribution >= 0.6 is 11.6 Å². The lowest BCUT2D eigenvalue weighted by Crippen LogP contribution is -2.10. The van der Waals surface area contributed by atoms with Crippen LogP contribution in [0, 0.1) is 6.92 Å². The lowest BCUT2D eigenvalue weighted by molar-refractivity contribution is 0.748. The summed E-state index contributed by atoms with van der Waals surface area (Å²) in [6.45, 7) is 4.25. The number of hydrogen-bond donors (Lipinski definition) is 1. The summed E-state index contributed by atoms with van der Waals surface area (Å²) in [5.41, 5.74) is 3.51. The maximum atomic E-state index is 6.26. The fourth-order valence-corrected chi connectivity index (χ4v) is 2.37. The number of benzene rings is 2. The fourth-order valence-electron chi connectivity index (χ4n) is 2.10. The Bertz CT molecular complexity index is 488. The third-order valence-electron chi connectivity index (χ3n) is 3.15. The van der Waals surface area contributed by atoms with E-state index in [-0.39, 0.29) is 0 Å². The van der Waals surface area contributed by atoms with Crippen molar-refractivity contribution in [2.24, 2.45) is 0 Å². The number of para-hydroxylation sites is 1. The second-order valence-corrected chi connectivity index (χ2v) is 4.85. The molecule has 1 unspecified atom stereocenters. The number of hydrogen-bond acceptors (Lipinski definition) is 1. The van der Waals surface area contributed by atoms with Gasteiger partial charge in [-0.05, 0) is 30.5 Å². The molecule has 18 heavy (non-hydrogen) atoms. The van der Waals surface area contributed by atoms with E-state index >= 15 is 0 Å². The van der Waals surface area contributed by atoms with Crippen LogP contribution in [0.3, 0.4) is 0 Å². The van der Waals surface area contributed by atoms with E-state index in [2.05, 4.69) is 49.5 Å². The van der Waals surface area contributed by atoms with Crippen molar-refractivity contribution in [3.05, 3.63) is 64.7 Å². The maximum absolute atomic E-state index is 6.26. The number of aryl methyl sites for hydroxylation is 1. The molecule has 2 aromatic carbocycles. The molecule has 0 heterocycles. The lowest BCUT2D eigenvalue weighted by Gasteiger charge is -2.21. The van der Waals surface area contributed by atoms with Gasteiger partial charge in [-0.2, -0.15) is 0 Å². The highest BCUT2D eigenvalue weighted by molar-refractivity contribution is 6.33. The standard InChI is InChI=1S/C16H18ClN/c1-3-15(13-9-5-4-6-10-13)18-16-12(2)8-7-11-14(16)17/h4-11,15,18H,3H2,1-2H3. The highest BCUT2D eigenvalue weighted by Gasteiger charge is 2.11. The summed E-state index contributed by atoms with van der Waals surface area (Å²) in [5.74, 6) is 0. The van der Waals surface area contributed by atoms with Gasteiger partial charge in [-0.25, -0.2) is 0 Å². The molecule has 94 valence electrons. The molecule has 1 nitrogen and oxygen atoms in total. The summed E-state index contributed by atoms with van der Waals surface area (Å²) in [4.78, 5) is 0. The van der Waals surface area contributed by atoms with E-state index in [1.54, 1.807) is 0 Å². The Kier molecular flexibility index (Phi) is 4.27. The van der Waals surface area contributed by atoms with Crippen molar-refractivity contribution in [3.63, 3.8) is 0 Å². The van der Waals surface area contributed by atoms with Gasteiger partial charge < -0.3 is 5.32 Å².